The smallest absolute Gasteiger partial charge is 0.253 e. The van der Waals surface area contributed by atoms with Crippen molar-refractivity contribution >= 4 is 17.7 Å². The average molecular weight is 565 g/mol. The van der Waals surface area contributed by atoms with Crippen molar-refractivity contribution in [3.05, 3.63) is 70.8 Å². The van der Waals surface area contributed by atoms with Crippen LogP contribution in [0.25, 0.3) is 0 Å². The predicted molar refractivity (Wildman–Crippen MR) is 168 cm³/mol. The number of hydrogen-bond acceptors (Lipinski definition) is 4. The largest absolute Gasteiger partial charge is 0.356 e. The second-order valence-corrected chi connectivity index (χ2v) is 11.4. The minimum absolute atomic E-state index is 0.0112. The van der Waals surface area contributed by atoms with Gasteiger partial charge in [-0.05, 0) is 62.3 Å². The SMILES string of the molecule is CCCN(CCC)C(=O)c1cccc(C(=O)N[C@@H](Cc2cccc(C)c2)[C@@H](N)C[C@@H](C)C(=O)NCC(CC)CC)c1. The Labute approximate surface area is 247 Å². The number of nitrogens with one attached hydrogen (secondary N) is 2. The van der Waals surface area contributed by atoms with Crippen LogP contribution in [0.1, 0.15) is 98.6 Å². The molecule has 0 unspecified atom stereocenters. The first-order valence-electron chi connectivity index (χ1n) is 15.4. The molecule has 0 aliphatic rings. The molecule has 0 aliphatic carbocycles. The molecule has 0 radical (unpaired) electrons. The molecule has 0 saturated heterocycles. The van der Waals surface area contributed by atoms with E-state index in [1.165, 1.54) is 0 Å². The van der Waals surface area contributed by atoms with Gasteiger partial charge in [0, 0.05) is 48.8 Å². The fourth-order valence-corrected chi connectivity index (χ4v) is 5.16. The zero-order valence-electron chi connectivity index (χ0n) is 26.0. The number of nitrogens with two attached hydrogens (primary N) is 1. The molecule has 0 fully saturated rings. The highest BCUT2D eigenvalue weighted by atomic mass is 16.2. The Kier molecular flexibility index (Phi) is 14.6. The quantitative estimate of drug-likeness (QED) is 0.236. The van der Waals surface area contributed by atoms with Gasteiger partial charge in [-0.1, -0.05) is 83.4 Å². The molecule has 2 rings (SSSR count). The summed E-state index contributed by atoms with van der Waals surface area (Å²) in [4.78, 5) is 41.3. The van der Waals surface area contributed by atoms with E-state index in [0.29, 0.717) is 49.5 Å². The molecule has 0 bridgehead atoms. The molecule has 226 valence electrons. The van der Waals surface area contributed by atoms with Crippen LogP contribution in [0.5, 0.6) is 0 Å². The number of aryl methyl sites for hydroxylation is 1. The van der Waals surface area contributed by atoms with Gasteiger partial charge in [-0.25, -0.2) is 0 Å². The van der Waals surface area contributed by atoms with Gasteiger partial charge in [-0.15, -0.1) is 0 Å². The van der Waals surface area contributed by atoms with Gasteiger partial charge < -0.3 is 21.3 Å². The Morgan fingerprint density at radius 1 is 0.902 bits per heavy atom. The number of carbonyl (C=O) groups excluding carboxylic acids is 3. The summed E-state index contributed by atoms with van der Waals surface area (Å²) in [6, 6.07) is 14.2. The lowest BCUT2D eigenvalue weighted by atomic mass is 9.91. The summed E-state index contributed by atoms with van der Waals surface area (Å²) in [5.74, 6) is -0.184. The van der Waals surface area contributed by atoms with Crippen molar-refractivity contribution in [1.82, 2.24) is 15.5 Å². The molecule has 3 atom stereocenters. The first kappa shape index (κ1) is 34.0. The molecule has 0 spiro atoms. The minimum atomic E-state index is -0.442. The molecule has 0 saturated carbocycles. The molecule has 2 aromatic rings. The van der Waals surface area contributed by atoms with Gasteiger partial charge in [0.05, 0.1) is 0 Å². The van der Waals surface area contributed by atoms with Crippen molar-refractivity contribution in [1.29, 1.82) is 0 Å². The van der Waals surface area contributed by atoms with Crippen molar-refractivity contribution in [2.45, 2.75) is 92.2 Å². The van der Waals surface area contributed by atoms with E-state index in [4.69, 9.17) is 5.73 Å². The zero-order valence-corrected chi connectivity index (χ0v) is 26.0. The third-order valence-corrected chi connectivity index (χ3v) is 7.81. The second kappa shape index (κ2) is 17.6. The van der Waals surface area contributed by atoms with E-state index < -0.39 is 12.1 Å². The van der Waals surface area contributed by atoms with Crippen LogP contribution in [0.4, 0.5) is 0 Å². The molecule has 4 N–H and O–H groups in total. The van der Waals surface area contributed by atoms with E-state index >= 15 is 0 Å². The van der Waals surface area contributed by atoms with Crippen molar-refractivity contribution in [3.63, 3.8) is 0 Å². The Morgan fingerprint density at radius 2 is 1.54 bits per heavy atom. The average Bonchev–Trinajstić information content (AvgIpc) is 2.96. The van der Waals surface area contributed by atoms with Crippen molar-refractivity contribution in [3.8, 4) is 0 Å². The van der Waals surface area contributed by atoms with Gasteiger partial charge in [0.2, 0.25) is 5.91 Å². The van der Waals surface area contributed by atoms with E-state index in [1.54, 1.807) is 24.3 Å². The number of rotatable bonds is 17. The summed E-state index contributed by atoms with van der Waals surface area (Å²) < 4.78 is 0. The summed E-state index contributed by atoms with van der Waals surface area (Å²) in [5, 5.41) is 6.22. The molecule has 0 aromatic heterocycles. The van der Waals surface area contributed by atoms with E-state index in [2.05, 4.69) is 44.4 Å². The Bertz CT molecular complexity index is 1110. The van der Waals surface area contributed by atoms with Crippen LogP contribution in [0.3, 0.4) is 0 Å². The maximum Gasteiger partial charge on any atom is 0.253 e. The lowest BCUT2D eigenvalue weighted by Gasteiger charge is -2.28. The monoisotopic (exact) mass is 564 g/mol. The zero-order chi connectivity index (χ0) is 30.4. The van der Waals surface area contributed by atoms with E-state index in [9.17, 15) is 14.4 Å². The molecule has 41 heavy (non-hydrogen) atoms. The molecule has 0 heterocycles. The third-order valence-electron chi connectivity index (χ3n) is 7.81. The van der Waals surface area contributed by atoms with Crippen LogP contribution in [0, 0.1) is 18.8 Å². The first-order chi connectivity index (χ1) is 19.6. The molecular formula is C34H52N4O3. The number of amides is 3. The standard InChI is InChI=1S/C34H52N4O3/c1-7-17-38(18-8-2)34(41)29-16-12-15-28(22-29)33(40)37-31(21-27-14-11-13-24(5)19-27)30(35)20-25(6)32(39)36-23-26(9-3)10-4/h11-16,19,22,25-26,30-31H,7-10,17-18,20-21,23,35H2,1-6H3,(H,36,39)(H,37,40)/t25-,30+,31+/m1/s1. The summed E-state index contributed by atoms with van der Waals surface area (Å²) in [7, 11) is 0. The fraction of sp³-hybridized carbons (Fsp3) is 0.559. The van der Waals surface area contributed by atoms with E-state index in [-0.39, 0.29) is 23.6 Å². The van der Waals surface area contributed by atoms with Gasteiger partial charge in [0.15, 0.2) is 0 Å². The Hall–Kier alpha value is -3.19. The minimum Gasteiger partial charge on any atom is -0.356 e. The molecule has 7 nitrogen and oxygen atoms in total. The van der Waals surface area contributed by atoms with E-state index in [0.717, 1.165) is 36.8 Å². The summed E-state index contributed by atoms with van der Waals surface area (Å²) in [6.45, 7) is 14.3. The van der Waals surface area contributed by atoms with Gasteiger partial charge in [-0.2, -0.15) is 0 Å². The van der Waals surface area contributed by atoms with Gasteiger partial charge in [0.1, 0.15) is 0 Å². The Morgan fingerprint density at radius 3 is 2.15 bits per heavy atom. The molecule has 7 heteroatoms. The summed E-state index contributed by atoms with van der Waals surface area (Å²) in [6.07, 6.45) is 4.77. The van der Waals surface area contributed by atoms with Crippen molar-refractivity contribution in [2.24, 2.45) is 17.6 Å². The topological polar surface area (TPSA) is 105 Å². The predicted octanol–water partition coefficient (Wildman–Crippen LogP) is 5.50. The normalized spacial score (nSPS) is 13.4. The number of benzene rings is 2. The maximum absolute atomic E-state index is 13.5. The van der Waals surface area contributed by atoms with Crippen LogP contribution >= 0.6 is 0 Å². The summed E-state index contributed by atoms with van der Waals surface area (Å²) >= 11 is 0. The summed E-state index contributed by atoms with van der Waals surface area (Å²) in [5.41, 5.74) is 9.82. The number of carbonyl (C=O) groups is 3. The molecule has 3 amide bonds. The first-order valence-corrected chi connectivity index (χ1v) is 15.4. The van der Waals surface area contributed by atoms with Crippen molar-refractivity contribution in [2.75, 3.05) is 19.6 Å². The van der Waals surface area contributed by atoms with Crippen LogP contribution in [0.15, 0.2) is 48.5 Å². The van der Waals surface area contributed by atoms with Crippen LogP contribution in [0.2, 0.25) is 0 Å². The highest BCUT2D eigenvalue weighted by Gasteiger charge is 2.26. The van der Waals surface area contributed by atoms with E-state index in [1.807, 2.05) is 36.9 Å². The third kappa shape index (κ3) is 11.0. The van der Waals surface area contributed by atoms with Gasteiger partial charge in [-0.3, -0.25) is 14.4 Å². The number of nitrogens with zero attached hydrogens (tertiary/aromatic N) is 1. The lowest BCUT2D eigenvalue weighted by Crippen LogP contribution is -2.50. The highest BCUT2D eigenvalue weighted by molar-refractivity contribution is 5.99. The van der Waals surface area contributed by atoms with Gasteiger partial charge >= 0.3 is 0 Å². The Balaban J connectivity index is 2.21. The van der Waals surface area contributed by atoms with Crippen LogP contribution in [-0.4, -0.2) is 54.3 Å². The fourth-order valence-electron chi connectivity index (χ4n) is 5.16. The maximum atomic E-state index is 13.5. The molecular weight excluding hydrogens is 512 g/mol. The molecule has 0 aliphatic heterocycles. The number of hydrogen-bond donors (Lipinski definition) is 3. The molecule has 2 aromatic carbocycles. The lowest BCUT2D eigenvalue weighted by molar-refractivity contribution is -0.125. The van der Waals surface area contributed by atoms with Gasteiger partial charge in [0.25, 0.3) is 11.8 Å². The van der Waals surface area contributed by atoms with Crippen LogP contribution in [-0.2, 0) is 11.2 Å². The van der Waals surface area contributed by atoms with Crippen LogP contribution < -0.4 is 16.4 Å². The second-order valence-electron chi connectivity index (χ2n) is 11.4. The highest BCUT2D eigenvalue weighted by Crippen LogP contribution is 2.16. The van der Waals surface area contributed by atoms with Crippen molar-refractivity contribution < 1.29 is 14.4 Å².